The molecule has 0 aliphatic carbocycles. The average Bonchev–Trinajstić information content (AvgIpc) is 2.97. The molecule has 0 bridgehead atoms. The molecule has 3 aromatic rings. The van der Waals surface area contributed by atoms with E-state index in [2.05, 4.69) is 22.3 Å². The molecule has 106 valence electrons. The Morgan fingerprint density at radius 1 is 1.05 bits per heavy atom. The number of aromatic nitrogens is 2. The van der Waals surface area contributed by atoms with Gasteiger partial charge in [0.15, 0.2) is 5.82 Å². The van der Waals surface area contributed by atoms with Crippen molar-refractivity contribution in [3.63, 3.8) is 0 Å². The van der Waals surface area contributed by atoms with E-state index in [1.165, 1.54) is 5.56 Å². The van der Waals surface area contributed by atoms with Crippen LogP contribution >= 0.6 is 0 Å². The number of rotatable bonds is 4. The highest BCUT2D eigenvalue weighted by Crippen LogP contribution is 2.24. The minimum Gasteiger partial charge on any atom is -0.399 e. The first-order chi connectivity index (χ1) is 10.2. The zero-order valence-electron chi connectivity index (χ0n) is 11.9. The molecule has 4 heteroatoms. The molecule has 0 atom stereocenters. The summed E-state index contributed by atoms with van der Waals surface area (Å²) in [6.45, 7) is 2.00. The highest BCUT2D eigenvalue weighted by Gasteiger charge is 2.11. The van der Waals surface area contributed by atoms with Crippen LogP contribution in [-0.2, 0) is 12.8 Å². The minimum atomic E-state index is 0.530. The fourth-order valence-corrected chi connectivity index (χ4v) is 2.24. The predicted molar refractivity (Wildman–Crippen MR) is 82.7 cm³/mol. The van der Waals surface area contributed by atoms with Crippen LogP contribution in [0.5, 0.6) is 0 Å². The van der Waals surface area contributed by atoms with E-state index < -0.39 is 0 Å². The molecule has 2 N–H and O–H groups in total. The van der Waals surface area contributed by atoms with Gasteiger partial charge in [-0.1, -0.05) is 41.6 Å². The molecule has 0 fully saturated rings. The topological polar surface area (TPSA) is 64.9 Å². The van der Waals surface area contributed by atoms with Crippen molar-refractivity contribution < 1.29 is 4.52 Å². The van der Waals surface area contributed by atoms with Crippen LogP contribution in [0, 0.1) is 6.92 Å². The molecule has 0 radical (unpaired) electrons. The van der Waals surface area contributed by atoms with Crippen molar-refractivity contribution in [2.45, 2.75) is 19.8 Å². The third-order valence-electron chi connectivity index (χ3n) is 3.44. The molecule has 0 spiro atoms. The number of hydrogen-bond donors (Lipinski definition) is 1. The lowest BCUT2D eigenvalue weighted by Gasteiger charge is -2.01. The fourth-order valence-electron chi connectivity index (χ4n) is 2.24. The van der Waals surface area contributed by atoms with E-state index in [4.69, 9.17) is 10.3 Å². The van der Waals surface area contributed by atoms with Crippen LogP contribution in [-0.4, -0.2) is 10.1 Å². The summed E-state index contributed by atoms with van der Waals surface area (Å²) in [4.78, 5) is 4.46. The normalized spacial score (nSPS) is 10.7. The van der Waals surface area contributed by atoms with Gasteiger partial charge in [-0.05, 0) is 36.6 Å². The first kappa shape index (κ1) is 13.4. The maximum Gasteiger partial charge on any atom is 0.258 e. The summed E-state index contributed by atoms with van der Waals surface area (Å²) in [5.41, 5.74) is 9.75. The second-order valence-corrected chi connectivity index (χ2v) is 5.08. The van der Waals surface area contributed by atoms with Gasteiger partial charge in [0.1, 0.15) is 0 Å². The highest BCUT2D eigenvalue weighted by atomic mass is 16.5. The standard InChI is InChI=1S/C17H17N3O/c1-12-7-9-14(18)11-15(12)17-19-16(20-21-17)10-8-13-5-3-2-4-6-13/h2-7,9,11H,8,10,18H2,1H3. The Labute approximate surface area is 123 Å². The second-order valence-electron chi connectivity index (χ2n) is 5.08. The number of nitrogens with two attached hydrogens (primary N) is 1. The number of nitrogen functional groups attached to an aromatic ring is 1. The molecule has 0 unspecified atom stereocenters. The molecule has 0 amide bonds. The lowest BCUT2D eigenvalue weighted by Crippen LogP contribution is -1.93. The molecule has 0 aliphatic heterocycles. The summed E-state index contributed by atoms with van der Waals surface area (Å²) in [6.07, 6.45) is 1.66. The van der Waals surface area contributed by atoms with Gasteiger partial charge in [0, 0.05) is 17.7 Å². The number of anilines is 1. The van der Waals surface area contributed by atoms with Gasteiger partial charge in [-0.2, -0.15) is 4.98 Å². The van der Waals surface area contributed by atoms with Gasteiger partial charge in [-0.25, -0.2) is 0 Å². The first-order valence-corrected chi connectivity index (χ1v) is 6.95. The van der Waals surface area contributed by atoms with Gasteiger partial charge in [-0.3, -0.25) is 0 Å². The predicted octanol–water partition coefficient (Wildman–Crippen LogP) is 3.41. The highest BCUT2D eigenvalue weighted by molar-refractivity contribution is 5.63. The summed E-state index contributed by atoms with van der Waals surface area (Å²) in [7, 11) is 0. The smallest absolute Gasteiger partial charge is 0.258 e. The Kier molecular flexibility index (Phi) is 3.69. The Morgan fingerprint density at radius 3 is 2.67 bits per heavy atom. The maximum atomic E-state index is 5.82. The average molecular weight is 279 g/mol. The van der Waals surface area contributed by atoms with Crippen LogP contribution in [0.15, 0.2) is 53.1 Å². The molecule has 21 heavy (non-hydrogen) atoms. The summed E-state index contributed by atoms with van der Waals surface area (Å²) >= 11 is 0. The van der Waals surface area contributed by atoms with E-state index >= 15 is 0 Å². The third-order valence-corrected chi connectivity index (χ3v) is 3.44. The lowest BCUT2D eigenvalue weighted by atomic mass is 10.1. The summed E-state index contributed by atoms with van der Waals surface area (Å²) in [5, 5.41) is 4.05. The van der Waals surface area contributed by atoms with Crippen molar-refractivity contribution in [1.82, 2.24) is 10.1 Å². The lowest BCUT2D eigenvalue weighted by molar-refractivity contribution is 0.422. The Balaban J connectivity index is 1.76. The zero-order valence-corrected chi connectivity index (χ0v) is 11.9. The first-order valence-electron chi connectivity index (χ1n) is 6.95. The van der Waals surface area contributed by atoms with Crippen LogP contribution in [0.2, 0.25) is 0 Å². The van der Waals surface area contributed by atoms with E-state index in [1.54, 1.807) is 0 Å². The van der Waals surface area contributed by atoms with E-state index in [9.17, 15) is 0 Å². The quantitative estimate of drug-likeness (QED) is 0.743. The monoisotopic (exact) mass is 279 g/mol. The SMILES string of the molecule is Cc1ccc(N)cc1-c1nc(CCc2ccccc2)no1. The summed E-state index contributed by atoms with van der Waals surface area (Å²) in [6, 6.07) is 16.0. The van der Waals surface area contributed by atoms with Crippen LogP contribution in [0.25, 0.3) is 11.5 Å². The van der Waals surface area contributed by atoms with Gasteiger partial charge in [-0.15, -0.1) is 0 Å². The summed E-state index contributed by atoms with van der Waals surface area (Å²) < 4.78 is 5.36. The maximum absolute atomic E-state index is 5.82. The second kappa shape index (κ2) is 5.79. The molecule has 0 saturated carbocycles. The van der Waals surface area contributed by atoms with E-state index in [1.807, 2.05) is 43.3 Å². The molecule has 1 aromatic heterocycles. The van der Waals surface area contributed by atoms with Gasteiger partial charge >= 0.3 is 0 Å². The molecule has 4 nitrogen and oxygen atoms in total. The van der Waals surface area contributed by atoms with Crippen molar-refractivity contribution in [2.75, 3.05) is 5.73 Å². The van der Waals surface area contributed by atoms with E-state index in [0.29, 0.717) is 11.6 Å². The summed E-state index contributed by atoms with van der Waals surface area (Å²) in [5.74, 6) is 1.25. The molecular weight excluding hydrogens is 262 g/mol. The Morgan fingerprint density at radius 2 is 1.86 bits per heavy atom. The minimum absolute atomic E-state index is 0.530. The van der Waals surface area contributed by atoms with E-state index in [0.717, 1.165) is 29.8 Å². The van der Waals surface area contributed by atoms with Crippen molar-refractivity contribution in [2.24, 2.45) is 0 Å². The van der Waals surface area contributed by atoms with Crippen molar-refractivity contribution in [1.29, 1.82) is 0 Å². The van der Waals surface area contributed by atoms with Gasteiger partial charge in [0.05, 0.1) is 0 Å². The molecule has 0 aliphatic rings. The number of nitrogens with zero attached hydrogens (tertiary/aromatic N) is 2. The van der Waals surface area contributed by atoms with Crippen molar-refractivity contribution in [3.05, 3.63) is 65.5 Å². The van der Waals surface area contributed by atoms with Gasteiger partial charge in [0.2, 0.25) is 0 Å². The van der Waals surface area contributed by atoms with Gasteiger partial charge < -0.3 is 10.3 Å². The van der Waals surface area contributed by atoms with Crippen LogP contribution < -0.4 is 5.73 Å². The van der Waals surface area contributed by atoms with Crippen LogP contribution in [0.4, 0.5) is 5.69 Å². The van der Waals surface area contributed by atoms with E-state index in [-0.39, 0.29) is 0 Å². The largest absolute Gasteiger partial charge is 0.399 e. The molecule has 1 heterocycles. The third kappa shape index (κ3) is 3.11. The van der Waals surface area contributed by atoms with Gasteiger partial charge in [0.25, 0.3) is 5.89 Å². The Hall–Kier alpha value is -2.62. The van der Waals surface area contributed by atoms with Crippen LogP contribution in [0.1, 0.15) is 17.0 Å². The Bertz CT molecular complexity index is 735. The number of aryl methyl sites for hydroxylation is 3. The number of hydrogen-bond acceptors (Lipinski definition) is 4. The molecular formula is C17H17N3O. The molecule has 0 saturated heterocycles. The van der Waals surface area contributed by atoms with Crippen molar-refractivity contribution in [3.8, 4) is 11.5 Å². The van der Waals surface area contributed by atoms with Crippen molar-refractivity contribution >= 4 is 5.69 Å². The fraction of sp³-hybridized carbons (Fsp3) is 0.176. The zero-order chi connectivity index (χ0) is 14.7. The van der Waals surface area contributed by atoms with Crippen LogP contribution in [0.3, 0.4) is 0 Å². The molecule has 3 rings (SSSR count). The molecule has 2 aromatic carbocycles. The number of benzene rings is 2.